The van der Waals surface area contributed by atoms with Gasteiger partial charge in [-0.1, -0.05) is 0 Å². The van der Waals surface area contributed by atoms with E-state index < -0.39 is 0 Å². The fourth-order valence-corrected chi connectivity index (χ4v) is 3.84. The van der Waals surface area contributed by atoms with Gasteiger partial charge in [-0.05, 0) is 0 Å². The van der Waals surface area contributed by atoms with Crippen LogP contribution in [0.5, 0.6) is 0 Å². The quantitative estimate of drug-likeness (QED) is 0.744. The fraction of sp³-hybridized carbons (Fsp3) is 0.333. The van der Waals surface area contributed by atoms with Crippen molar-refractivity contribution in [3.8, 4) is 0 Å². The number of hydrogen-bond donors (Lipinski definition) is 1. The molecule has 0 aromatic heterocycles. The molecule has 0 bridgehead atoms. The van der Waals surface area contributed by atoms with Gasteiger partial charge in [-0.3, -0.25) is 0 Å². The molecule has 0 spiro atoms. The van der Waals surface area contributed by atoms with Crippen molar-refractivity contribution in [3.05, 3.63) is 65.7 Å². The number of anilines is 1. The summed E-state index contributed by atoms with van der Waals surface area (Å²) in [6.07, 6.45) is 1.19. The molecule has 20 heavy (non-hydrogen) atoms. The molecule has 1 nitrogen and oxygen atoms in total. The number of nitrogens with two attached hydrogens (primary N) is 1. The van der Waals surface area contributed by atoms with Crippen LogP contribution in [0.4, 0.5) is 5.69 Å². The summed E-state index contributed by atoms with van der Waals surface area (Å²) in [5.74, 6) is 0.577. The third-order valence-corrected chi connectivity index (χ3v) is 5.61. The molecule has 0 aliphatic carbocycles. The molecule has 0 aliphatic rings. The van der Waals surface area contributed by atoms with Gasteiger partial charge in [-0.2, -0.15) is 0 Å². The maximum absolute atomic E-state index is 5.74. The van der Waals surface area contributed by atoms with E-state index >= 15 is 0 Å². The predicted molar refractivity (Wildman–Crippen MR) is 83.6 cm³/mol. The first-order valence-corrected chi connectivity index (χ1v) is 8.46. The Hall–Kier alpha value is -1.25. The number of hydrogen-bond acceptors (Lipinski definition) is 1. The van der Waals surface area contributed by atoms with Crippen LogP contribution in [0.25, 0.3) is 0 Å². The summed E-state index contributed by atoms with van der Waals surface area (Å²) in [5, 5.41) is 1.19. The van der Waals surface area contributed by atoms with E-state index in [0.717, 1.165) is 5.69 Å². The number of benzene rings is 2. The zero-order valence-corrected chi connectivity index (χ0v) is 13.2. The summed E-state index contributed by atoms with van der Waals surface area (Å²) in [5.41, 5.74) is 9.43. The Morgan fingerprint density at radius 2 is 1.60 bits per heavy atom. The summed E-state index contributed by atoms with van der Waals surface area (Å²) in [6, 6.07) is 19.1. The van der Waals surface area contributed by atoms with E-state index in [2.05, 4.69) is 56.3 Å². The van der Waals surface area contributed by atoms with E-state index in [1.54, 1.807) is 14.7 Å². The van der Waals surface area contributed by atoms with E-state index in [4.69, 9.17) is 5.73 Å². The summed E-state index contributed by atoms with van der Waals surface area (Å²) in [6.45, 7) is 4.58. The van der Waals surface area contributed by atoms with Crippen LogP contribution >= 0.6 is 0 Å². The Labute approximate surface area is 128 Å². The Kier molecular flexibility index (Phi) is 5.68. The molecule has 0 fully saturated rings. The van der Waals surface area contributed by atoms with Crippen LogP contribution in [-0.4, -0.2) is 0 Å². The zero-order chi connectivity index (χ0) is 14.4. The van der Waals surface area contributed by atoms with Crippen LogP contribution < -0.4 is 5.73 Å². The topological polar surface area (TPSA) is 26.0 Å². The first-order valence-electron chi connectivity index (χ1n) is 7.13. The van der Waals surface area contributed by atoms with Gasteiger partial charge in [0.1, 0.15) is 0 Å². The van der Waals surface area contributed by atoms with Crippen molar-refractivity contribution in [3.63, 3.8) is 0 Å². The minimum absolute atomic E-state index is 0.577. The summed E-state index contributed by atoms with van der Waals surface area (Å²) in [4.78, 5) is 0.642. The number of nitrogen functional groups attached to an aromatic ring is 1. The van der Waals surface area contributed by atoms with Gasteiger partial charge in [-0.15, -0.1) is 0 Å². The van der Waals surface area contributed by atoms with E-state index in [9.17, 15) is 0 Å². The molecule has 2 heteroatoms. The van der Waals surface area contributed by atoms with Crippen LogP contribution in [0.3, 0.4) is 0 Å². The molecule has 0 aliphatic heterocycles. The molecule has 0 heterocycles. The molecular weight excluding hydrogens is 289 g/mol. The predicted octanol–water partition coefficient (Wildman–Crippen LogP) is 5.02. The molecule has 0 saturated carbocycles. The second-order valence-corrected chi connectivity index (χ2v) is 6.67. The van der Waals surface area contributed by atoms with Crippen molar-refractivity contribution in [2.24, 2.45) is 0 Å². The van der Waals surface area contributed by atoms with E-state index in [1.807, 2.05) is 12.1 Å². The normalized spacial score (nSPS) is 14.1. The molecule has 2 rings (SSSR count). The zero-order valence-electron chi connectivity index (χ0n) is 12.2. The van der Waals surface area contributed by atoms with Gasteiger partial charge >= 0.3 is 128 Å². The Morgan fingerprint density at radius 3 is 2.20 bits per heavy atom. The SMILES string of the molecule is CC[CH]([Co][CH2]C(C)c1ccc(N)cc1)c1ccccc1. The van der Waals surface area contributed by atoms with Crippen molar-refractivity contribution in [2.45, 2.75) is 36.4 Å². The standard InChI is InChI=1S/C9H12N.C9H11.Co/c1-7(2)8-3-5-9(10)6-4-8;1-2-6-9-7-4-3-5-8-9;/h3-7H,1,10H2,2H3;3-8H,2H2,1H3;. The van der Waals surface area contributed by atoms with Crippen LogP contribution in [0, 0.1) is 0 Å². The first kappa shape index (κ1) is 15.1. The Bertz CT molecular complexity index is 507. The van der Waals surface area contributed by atoms with E-state index in [-0.39, 0.29) is 0 Å². The van der Waals surface area contributed by atoms with E-state index in [1.165, 1.54) is 22.9 Å². The fourth-order valence-electron chi connectivity index (χ4n) is 2.18. The second kappa shape index (κ2) is 7.51. The summed E-state index contributed by atoms with van der Waals surface area (Å²) >= 11 is 1.55. The van der Waals surface area contributed by atoms with E-state index in [0.29, 0.717) is 10.8 Å². The van der Waals surface area contributed by atoms with Crippen molar-refractivity contribution < 1.29 is 14.7 Å². The average Bonchev–Trinajstić information content (AvgIpc) is 2.49. The van der Waals surface area contributed by atoms with Crippen LogP contribution in [0.15, 0.2) is 54.6 Å². The Morgan fingerprint density at radius 1 is 0.950 bits per heavy atom. The first-order chi connectivity index (χ1) is 9.70. The van der Waals surface area contributed by atoms with Gasteiger partial charge < -0.3 is 0 Å². The molecule has 2 aromatic carbocycles. The van der Waals surface area contributed by atoms with Gasteiger partial charge in [0.15, 0.2) is 0 Å². The second-order valence-electron chi connectivity index (χ2n) is 5.10. The van der Waals surface area contributed by atoms with Gasteiger partial charge in [0.25, 0.3) is 0 Å². The van der Waals surface area contributed by atoms with Gasteiger partial charge in [0, 0.05) is 0 Å². The van der Waals surface area contributed by atoms with Crippen LogP contribution in [0.2, 0.25) is 5.36 Å². The summed E-state index contributed by atoms with van der Waals surface area (Å²) in [7, 11) is 0. The summed E-state index contributed by atoms with van der Waals surface area (Å²) < 4.78 is 0. The van der Waals surface area contributed by atoms with Gasteiger partial charge in [-0.25, -0.2) is 0 Å². The molecule has 2 N–H and O–H groups in total. The molecule has 0 radical (unpaired) electrons. The van der Waals surface area contributed by atoms with Crippen LogP contribution in [-0.2, 0) is 14.7 Å². The van der Waals surface area contributed by atoms with Gasteiger partial charge in [0.2, 0.25) is 0 Å². The van der Waals surface area contributed by atoms with Crippen LogP contribution in [0.1, 0.15) is 42.2 Å². The molecule has 109 valence electrons. The average molecular weight is 312 g/mol. The Balaban J connectivity index is 1.94. The molecule has 0 amide bonds. The third-order valence-electron chi connectivity index (χ3n) is 3.44. The van der Waals surface area contributed by atoms with Crippen molar-refractivity contribution in [2.75, 3.05) is 5.73 Å². The molecule has 0 saturated heterocycles. The molecule has 2 aromatic rings. The minimum atomic E-state index is 0.577. The molecule has 2 unspecified atom stereocenters. The number of rotatable bonds is 6. The molecular formula is C18H23CoN. The van der Waals surface area contributed by atoms with Gasteiger partial charge in [0.05, 0.1) is 0 Å². The maximum atomic E-state index is 5.74. The third kappa shape index (κ3) is 4.12. The van der Waals surface area contributed by atoms with Crippen molar-refractivity contribution >= 4 is 5.69 Å². The monoisotopic (exact) mass is 312 g/mol. The molecule has 2 atom stereocenters. The van der Waals surface area contributed by atoms with Crippen molar-refractivity contribution in [1.29, 1.82) is 0 Å². The van der Waals surface area contributed by atoms with Crippen molar-refractivity contribution in [1.82, 2.24) is 0 Å².